The zero-order chi connectivity index (χ0) is 23.9. The van der Waals surface area contributed by atoms with E-state index in [0.29, 0.717) is 28.3 Å². The van der Waals surface area contributed by atoms with Crippen LogP contribution in [-0.2, 0) is 16.6 Å². The van der Waals surface area contributed by atoms with Crippen molar-refractivity contribution in [2.45, 2.75) is 37.2 Å². The number of benzene rings is 2. The van der Waals surface area contributed by atoms with Crippen LogP contribution in [0.15, 0.2) is 54.7 Å². The molecule has 2 heterocycles. The number of nitrogens with two attached hydrogens (primary N) is 1. The van der Waals surface area contributed by atoms with Crippen LogP contribution in [0.5, 0.6) is 5.75 Å². The van der Waals surface area contributed by atoms with E-state index in [-0.39, 0.29) is 29.9 Å². The molecule has 0 bridgehead atoms. The number of pyridine rings is 1. The molecule has 0 saturated heterocycles. The van der Waals surface area contributed by atoms with E-state index >= 15 is 0 Å². The van der Waals surface area contributed by atoms with Crippen molar-refractivity contribution >= 4 is 23.4 Å². The monoisotopic (exact) mass is 479 g/mol. The molecule has 5 rings (SSSR count). The Balaban J connectivity index is 1.27. The van der Waals surface area contributed by atoms with Crippen LogP contribution in [0.1, 0.15) is 40.7 Å². The van der Waals surface area contributed by atoms with Gasteiger partial charge in [-0.1, -0.05) is 30.2 Å². The molecule has 0 spiro atoms. The van der Waals surface area contributed by atoms with Gasteiger partial charge in [-0.2, -0.15) is 0 Å². The molecule has 1 aliphatic heterocycles. The number of nitrogens with zero attached hydrogens (tertiary/aromatic N) is 1. The fraction of sp³-hybridized carbons (Fsp3) is 0.269. The van der Waals surface area contributed by atoms with Crippen molar-refractivity contribution in [2.75, 3.05) is 6.54 Å². The van der Waals surface area contributed by atoms with E-state index in [9.17, 15) is 14.0 Å². The van der Waals surface area contributed by atoms with Gasteiger partial charge >= 0.3 is 0 Å². The molecule has 0 radical (unpaired) electrons. The summed E-state index contributed by atoms with van der Waals surface area (Å²) in [5, 5.41) is 3.66. The number of rotatable bonds is 6. The SMILES string of the molecule is NC(=O)c1ccc(-c2cc(F)c3c(c2)CC(CNC(=O)C2(c4ccc(Cl)cc4)CCC2)O3)nc1. The predicted molar refractivity (Wildman–Crippen MR) is 126 cm³/mol. The molecule has 2 aromatic carbocycles. The van der Waals surface area contributed by atoms with Gasteiger partial charge in [-0.15, -0.1) is 0 Å². The van der Waals surface area contributed by atoms with E-state index < -0.39 is 17.1 Å². The lowest BCUT2D eigenvalue weighted by molar-refractivity contribution is -0.130. The van der Waals surface area contributed by atoms with Crippen LogP contribution in [0.3, 0.4) is 0 Å². The first-order chi connectivity index (χ1) is 16.4. The smallest absolute Gasteiger partial charge is 0.250 e. The van der Waals surface area contributed by atoms with E-state index in [0.717, 1.165) is 24.8 Å². The minimum Gasteiger partial charge on any atom is -0.485 e. The molecule has 1 aliphatic carbocycles. The third-order valence-electron chi connectivity index (χ3n) is 6.73. The lowest BCUT2D eigenvalue weighted by atomic mass is 9.64. The summed E-state index contributed by atoms with van der Waals surface area (Å²) >= 11 is 6.01. The number of amides is 2. The number of primary amides is 1. The highest BCUT2D eigenvalue weighted by atomic mass is 35.5. The summed E-state index contributed by atoms with van der Waals surface area (Å²) in [5.41, 5.74) is 7.77. The van der Waals surface area contributed by atoms with Gasteiger partial charge in [0.05, 0.1) is 23.2 Å². The lowest BCUT2D eigenvalue weighted by Crippen LogP contribution is -2.51. The Morgan fingerprint density at radius 1 is 1.18 bits per heavy atom. The van der Waals surface area contributed by atoms with Crippen LogP contribution >= 0.6 is 11.6 Å². The molecule has 1 saturated carbocycles. The number of fused-ring (bicyclic) bond motifs is 1. The summed E-state index contributed by atoms with van der Waals surface area (Å²) in [4.78, 5) is 28.6. The molecule has 8 heteroatoms. The summed E-state index contributed by atoms with van der Waals surface area (Å²) in [6.45, 7) is 0.281. The maximum Gasteiger partial charge on any atom is 0.250 e. The maximum absolute atomic E-state index is 14.8. The third-order valence-corrected chi connectivity index (χ3v) is 6.98. The van der Waals surface area contributed by atoms with E-state index in [1.54, 1.807) is 24.3 Å². The van der Waals surface area contributed by atoms with Gasteiger partial charge in [-0.05, 0) is 54.8 Å². The van der Waals surface area contributed by atoms with Crippen molar-refractivity contribution in [3.63, 3.8) is 0 Å². The van der Waals surface area contributed by atoms with Crippen molar-refractivity contribution in [3.05, 3.63) is 82.3 Å². The number of hydrogen-bond donors (Lipinski definition) is 2. The van der Waals surface area contributed by atoms with Crippen molar-refractivity contribution < 1.29 is 18.7 Å². The van der Waals surface area contributed by atoms with Crippen LogP contribution < -0.4 is 15.8 Å². The number of carbonyl (C=O) groups is 2. The fourth-order valence-electron chi connectivity index (χ4n) is 4.68. The summed E-state index contributed by atoms with van der Waals surface area (Å²) in [5.74, 6) is -0.899. The average Bonchev–Trinajstić information content (AvgIpc) is 3.22. The number of nitrogens with one attached hydrogen (secondary N) is 1. The molecule has 3 aromatic rings. The van der Waals surface area contributed by atoms with Crippen molar-refractivity contribution in [1.29, 1.82) is 0 Å². The second kappa shape index (κ2) is 8.72. The lowest BCUT2D eigenvalue weighted by Gasteiger charge is -2.41. The average molecular weight is 480 g/mol. The normalized spacial score (nSPS) is 17.9. The summed E-state index contributed by atoms with van der Waals surface area (Å²) < 4.78 is 20.6. The fourth-order valence-corrected chi connectivity index (χ4v) is 4.81. The van der Waals surface area contributed by atoms with Crippen LogP contribution in [-0.4, -0.2) is 29.4 Å². The highest BCUT2D eigenvalue weighted by Crippen LogP contribution is 2.44. The summed E-state index contributed by atoms with van der Waals surface area (Å²) in [6.07, 6.45) is 4.03. The van der Waals surface area contributed by atoms with Crippen LogP contribution in [0, 0.1) is 5.82 Å². The van der Waals surface area contributed by atoms with Gasteiger partial charge in [-0.25, -0.2) is 4.39 Å². The quantitative estimate of drug-likeness (QED) is 0.554. The Kier molecular flexibility index (Phi) is 5.73. The van der Waals surface area contributed by atoms with Crippen LogP contribution in [0.25, 0.3) is 11.3 Å². The second-order valence-corrected chi connectivity index (χ2v) is 9.28. The Morgan fingerprint density at radius 3 is 2.56 bits per heavy atom. The Hall–Kier alpha value is -3.45. The van der Waals surface area contributed by atoms with E-state index in [1.165, 1.54) is 12.3 Å². The molecule has 1 fully saturated rings. The van der Waals surface area contributed by atoms with Gasteiger partial charge in [0.2, 0.25) is 11.8 Å². The van der Waals surface area contributed by atoms with Crippen molar-refractivity contribution in [3.8, 4) is 17.0 Å². The summed E-state index contributed by atoms with van der Waals surface area (Å²) in [6, 6.07) is 13.8. The molecule has 2 aliphatic rings. The first kappa shape index (κ1) is 22.3. The zero-order valence-electron chi connectivity index (χ0n) is 18.3. The molecule has 3 N–H and O–H groups in total. The molecular formula is C26H23ClFN3O3. The third kappa shape index (κ3) is 4.01. The minimum absolute atomic E-state index is 0.0412. The molecular weight excluding hydrogens is 457 g/mol. The highest BCUT2D eigenvalue weighted by Gasteiger charge is 2.45. The topological polar surface area (TPSA) is 94.3 Å². The Labute approximate surface area is 201 Å². The number of aromatic nitrogens is 1. The van der Waals surface area contributed by atoms with Crippen LogP contribution in [0.2, 0.25) is 5.02 Å². The van der Waals surface area contributed by atoms with Crippen molar-refractivity contribution in [2.24, 2.45) is 5.73 Å². The number of ether oxygens (including phenoxy) is 1. The molecule has 34 heavy (non-hydrogen) atoms. The van der Waals surface area contributed by atoms with E-state index in [1.807, 2.05) is 18.2 Å². The predicted octanol–water partition coefficient (Wildman–Crippen LogP) is 4.18. The summed E-state index contributed by atoms with van der Waals surface area (Å²) in [7, 11) is 0. The van der Waals surface area contributed by atoms with Gasteiger partial charge in [-0.3, -0.25) is 14.6 Å². The van der Waals surface area contributed by atoms with Gasteiger partial charge in [0.25, 0.3) is 0 Å². The Bertz CT molecular complexity index is 1260. The standard InChI is InChI=1S/C26H23ClFN3O3/c27-19-5-3-18(4-6-19)26(8-1-9-26)25(33)31-14-20-11-17-10-16(12-21(28)23(17)34-20)22-7-2-15(13-30-22)24(29)32/h2-7,10,12-13,20H,1,8-9,11,14H2,(H2,29,32)(H,31,33). The minimum atomic E-state index is -0.572. The zero-order valence-corrected chi connectivity index (χ0v) is 19.1. The Morgan fingerprint density at radius 2 is 1.94 bits per heavy atom. The van der Waals surface area contributed by atoms with Crippen LogP contribution in [0.4, 0.5) is 4.39 Å². The molecule has 6 nitrogen and oxygen atoms in total. The maximum atomic E-state index is 14.8. The van der Waals surface area contributed by atoms with Gasteiger partial charge in [0.1, 0.15) is 6.10 Å². The molecule has 2 amide bonds. The molecule has 174 valence electrons. The molecule has 1 atom stereocenters. The molecule has 1 aromatic heterocycles. The van der Waals surface area contributed by atoms with Gasteiger partial charge in [0.15, 0.2) is 11.6 Å². The van der Waals surface area contributed by atoms with Gasteiger partial charge in [0, 0.05) is 28.8 Å². The van der Waals surface area contributed by atoms with E-state index in [2.05, 4.69) is 10.3 Å². The highest BCUT2D eigenvalue weighted by molar-refractivity contribution is 6.30. The van der Waals surface area contributed by atoms with Crippen molar-refractivity contribution in [1.82, 2.24) is 10.3 Å². The second-order valence-electron chi connectivity index (χ2n) is 8.84. The number of carbonyl (C=O) groups excluding carboxylic acids is 2. The first-order valence-corrected chi connectivity index (χ1v) is 11.5. The van der Waals surface area contributed by atoms with E-state index in [4.69, 9.17) is 22.1 Å². The number of halogens is 2. The first-order valence-electron chi connectivity index (χ1n) is 11.2. The van der Waals surface area contributed by atoms with Gasteiger partial charge < -0.3 is 15.8 Å². The largest absolute Gasteiger partial charge is 0.485 e. The number of hydrogen-bond acceptors (Lipinski definition) is 4. The molecule has 1 unspecified atom stereocenters.